The van der Waals surface area contributed by atoms with Gasteiger partial charge in [0.25, 0.3) is 5.91 Å². The average molecular weight is 540 g/mol. The van der Waals surface area contributed by atoms with Crippen molar-refractivity contribution < 1.29 is 9.18 Å². The van der Waals surface area contributed by atoms with Crippen molar-refractivity contribution in [2.75, 3.05) is 22.9 Å². The first-order valence-electron chi connectivity index (χ1n) is 13.0. The number of fused-ring (bicyclic) bond motifs is 1. The molecule has 0 bridgehead atoms. The second-order valence-corrected chi connectivity index (χ2v) is 10.2. The van der Waals surface area contributed by atoms with Crippen LogP contribution in [0.3, 0.4) is 0 Å². The second-order valence-electron chi connectivity index (χ2n) is 9.80. The molecule has 0 radical (unpaired) electrons. The number of para-hydroxylation sites is 2. The van der Waals surface area contributed by atoms with E-state index in [4.69, 9.17) is 21.6 Å². The number of nitrogens with zero attached hydrogens (tertiary/aromatic N) is 4. The molecule has 3 aromatic carbocycles. The zero-order valence-corrected chi connectivity index (χ0v) is 22.0. The maximum atomic E-state index is 13.6. The number of anilines is 2. The first-order chi connectivity index (χ1) is 19.0. The van der Waals surface area contributed by atoms with E-state index in [9.17, 15) is 9.18 Å². The van der Waals surface area contributed by atoms with Crippen molar-refractivity contribution in [3.63, 3.8) is 0 Å². The number of nitrogens with one attached hydrogen (secondary N) is 1. The fraction of sp³-hybridized carbons (Fsp3) is 0.194. The van der Waals surface area contributed by atoms with E-state index in [1.165, 1.54) is 12.1 Å². The van der Waals surface area contributed by atoms with Crippen LogP contribution in [0, 0.1) is 5.82 Å². The van der Waals surface area contributed by atoms with E-state index in [-0.39, 0.29) is 11.7 Å². The van der Waals surface area contributed by atoms with Gasteiger partial charge in [-0.2, -0.15) is 0 Å². The molecule has 1 aliphatic heterocycles. The van der Waals surface area contributed by atoms with E-state index in [0.717, 1.165) is 54.2 Å². The highest BCUT2D eigenvalue weighted by Gasteiger charge is 2.24. The van der Waals surface area contributed by atoms with Crippen molar-refractivity contribution in [2.45, 2.75) is 25.3 Å². The summed E-state index contributed by atoms with van der Waals surface area (Å²) < 4.78 is 13.6. The Kier molecular flexibility index (Phi) is 6.99. The molecule has 5 aromatic rings. The first-order valence-corrected chi connectivity index (χ1v) is 13.4. The molecule has 0 unspecified atom stereocenters. The molecular formula is C31H27ClFN5O. The number of piperidine rings is 1. The minimum absolute atomic E-state index is 0.199. The summed E-state index contributed by atoms with van der Waals surface area (Å²) in [5, 5.41) is 0.557. The number of benzene rings is 3. The molecule has 1 saturated heterocycles. The van der Waals surface area contributed by atoms with Crippen LogP contribution in [0.4, 0.5) is 15.9 Å². The SMILES string of the molecule is O=C(c1ccc(Cl)cc1)N(Cc1ccc(N2CCC(c3nc4ccccc4[nH]3)CC2)nc1)c1ccc(F)cc1. The van der Waals surface area contributed by atoms with Gasteiger partial charge >= 0.3 is 0 Å². The van der Waals surface area contributed by atoms with E-state index in [1.54, 1.807) is 41.3 Å². The molecule has 39 heavy (non-hydrogen) atoms. The quantitative estimate of drug-likeness (QED) is 0.253. The molecule has 8 heteroatoms. The van der Waals surface area contributed by atoms with Gasteiger partial charge in [0, 0.05) is 41.5 Å². The average Bonchev–Trinajstić information content (AvgIpc) is 3.42. The Bertz CT molecular complexity index is 1540. The van der Waals surface area contributed by atoms with E-state index in [0.29, 0.717) is 28.7 Å². The van der Waals surface area contributed by atoms with Crippen molar-refractivity contribution >= 4 is 40.0 Å². The lowest BCUT2D eigenvalue weighted by Gasteiger charge is -2.32. The smallest absolute Gasteiger partial charge is 0.258 e. The van der Waals surface area contributed by atoms with Gasteiger partial charge in [-0.15, -0.1) is 0 Å². The van der Waals surface area contributed by atoms with Crippen molar-refractivity contribution in [3.05, 3.63) is 119 Å². The van der Waals surface area contributed by atoms with Gasteiger partial charge in [-0.25, -0.2) is 14.4 Å². The van der Waals surface area contributed by atoms with Crippen LogP contribution >= 0.6 is 11.6 Å². The lowest BCUT2D eigenvalue weighted by molar-refractivity contribution is 0.0985. The van der Waals surface area contributed by atoms with Gasteiger partial charge in [-0.05, 0) is 85.1 Å². The Morgan fingerprint density at radius 2 is 1.72 bits per heavy atom. The Balaban J connectivity index is 1.15. The molecule has 2 aromatic heterocycles. The van der Waals surface area contributed by atoms with Gasteiger partial charge < -0.3 is 14.8 Å². The maximum absolute atomic E-state index is 13.6. The van der Waals surface area contributed by atoms with Crippen molar-refractivity contribution in [3.8, 4) is 0 Å². The molecule has 0 spiro atoms. The largest absolute Gasteiger partial charge is 0.357 e. The normalized spacial score (nSPS) is 14.1. The number of pyridine rings is 1. The number of hydrogen-bond donors (Lipinski definition) is 1. The summed E-state index contributed by atoms with van der Waals surface area (Å²) in [5.74, 6) is 1.82. The van der Waals surface area contributed by atoms with Crippen molar-refractivity contribution in [1.82, 2.24) is 15.0 Å². The number of halogens is 2. The standard InChI is InChI=1S/C31H27ClFN5O/c32-24-8-6-23(7-9-24)31(39)38(26-12-10-25(33)11-13-26)20-21-5-14-29(34-19-21)37-17-15-22(16-18-37)30-35-27-3-1-2-4-28(27)36-30/h1-14,19,22H,15-18,20H2,(H,35,36). The van der Waals surface area contributed by atoms with E-state index < -0.39 is 0 Å². The third-order valence-electron chi connectivity index (χ3n) is 7.24. The van der Waals surface area contributed by atoms with Crippen LogP contribution in [-0.4, -0.2) is 33.9 Å². The second kappa shape index (κ2) is 10.9. The molecule has 1 N–H and O–H groups in total. The third-order valence-corrected chi connectivity index (χ3v) is 7.49. The van der Waals surface area contributed by atoms with Gasteiger partial charge in [0.05, 0.1) is 17.6 Å². The van der Waals surface area contributed by atoms with Crippen molar-refractivity contribution in [1.29, 1.82) is 0 Å². The van der Waals surface area contributed by atoms with Crippen LogP contribution in [-0.2, 0) is 6.54 Å². The van der Waals surface area contributed by atoms with Gasteiger partial charge in [-0.3, -0.25) is 4.79 Å². The predicted molar refractivity (Wildman–Crippen MR) is 153 cm³/mol. The highest BCUT2D eigenvalue weighted by molar-refractivity contribution is 6.30. The maximum Gasteiger partial charge on any atom is 0.258 e. The minimum atomic E-state index is -0.354. The zero-order valence-electron chi connectivity index (χ0n) is 21.2. The number of carbonyl (C=O) groups is 1. The van der Waals surface area contributed by atoms with Crippen LogP contribution in [0.15, 0.2) is 91.1 Å². The molecule has 6 rings (SSSR count). The Morgan fingerprint density at radius 1 is 0.974 bits per heavy atom. The number of H-pyrrole nitrogens is 1. The number of aromatic amines is 1. The van der Waals surface area contributed by atoms with Gasteiger partial charge in [-0.1, -0.05) is 29.8 Å². The summed E-state index contributed by atoms with van der Waals surface area (Å²) >= 11 is 6.01. The predicted octanol–water partition coefficient (Wildman–Crippen LogP) is 6.98. The first kappa shape index (κ1) is 25.1. The van der Waals surface area contributed by atoms with Crippen LogP contribution < -0.4 is 9.80 Å². The Hall–Kier alpha value is -4.23. The highest BCUT2D eigenvalue weighted by atomic mass is 35.5. The Morgan fingerprint density at radius 3 is 2.41 bits per heavy atom. The summed E-state index contributed by atoms with van der Waals surface area (Å²) in [4.78, 5) is 30.3. The minimum Gasteiger partial charge on any atom is -0.357 e. The van der Waals surface area contributed by atoms with Crippen LogP contribution in [0.2, 0.25) is 5.02 Å². The number of rotatable bonds is 6. The fourth-order valence-electron chi connectivity index (χ4n) is 5.08. The summed E-state index contributed by atoms with van der Waals surface area (Å²) in [5.41, 5.74) is 4.07. The van der Waals surface area contributed by atoms with E-state index in [1.807, 2.05) is 36.5 Å². The summed E-state index contributed by atoms with van der Waals surface area (Å²) in [6, 6.07) is 24.8. The molecule has 196 valence electrons. The topological polar surface area (TPSA) is 65.1 Å². The lowest BCUT2D eigenvalue weighted by Crippen LogP contribution is -2.34. The third kappa shape index (κ3) is 5.49. The molecular weight excluding hydrogens is 513 g/mol. The molecule has 1 aliphatic rings. The summed E-state index contributed by atoms with van der Waals surface area (Å²) in [6.07, 6.45) is 3.81. The molecule has 6 nitrogen and oxygen atoms in total. The highest BCUT2D eigenvalue weighted by Crippen LogP contribution is 2.30. The molecule has 1 fully saturated rings. The molecule has 1 amide bonds. The summed E-state index contributed by atoms with van der Waals surface area (Å²) in [7, 11) is 0. The number of aromatic nitrogens is 3. The molecule has 3 heterocycles. The van der Waals surface area contributed by atoms with Gasteiger partial charge in [0.2, 0.25) is 0 Å². The number of hydrogen-bond acceptors (Lipinski definition) is 4. The summed E-state index contributed by atoms with van der Waals surface area (Å²) in [6.45, 7) is 2.09. The lowest BCUT2D eigenvalue weighted by atomic mass is 9.96. The zero-order chi connectivity index (χ0) is 26.8. The van der Waals surface area contributed by atoms with Crippen LogP contribution in [0.1, 0.15) is 40.5 Å². The molecule has 0 aliphatic carbocycles. The monoisotopic (exact) mass is 539 g/mol. The fourth-order valence-corrected chi connectivity index (χ4v) is 5.20. The van der Waals surface area contributed by atoms with Crippen LogP contribution in [0.25, 0.3) is 11.0 Å². The van der Waals surface area contributed by atoms with Crippen LogP contribution in [0.5, 0.6) is 0 Å². The van der Waals surface area contributed by atoms with E-state index in [2.05, 4.69) is 16.0 Å². The van der Waals surface area contributed by atoms with E-state index >= 15 is 0 Å². The molecule has 0 saturated carbocycles. The number of amides is 1. The molecule has 0 atom stereocenters. The van der Waals surface area contributed by atoms with Gasteiger partial charge in [0.15, 0.2) is 0 Å². The number of carbonyl (C=O) groups excluding carboxylic acids is 1. The van der Waals surface area contributed by atoms with Crippen molar-refractivity contribution in [2.24, 2.45) is 0 Å². The number of imidazole rings is 1. The Labute approximate surface area is 231 Å². The van der Waals surface area contributed by atoms with Gasteiger partial charge in [0.1, 0.15) is 17.5 Å².